The molecular formula is C20H17N3O4. The number of ether oxygens (including phenoxy) is 3. The lowest BCUT2D eigenvalue weighted by molar-refractivity contribution is -0.133. The highest BCUT2D eigenvalue weighted by Crippen LogP contribution is 2.30. The van der Waals surface area contributed by atoms with Gasteiger partial charge in [0.15, 0.2) is 5.82 Å². The third kappa shape index (κ3) is 4.27. The van der Waals surface area contributed by atoms with Crippen LogP contribution in [0.2, 0.25) is 0 Å². The summed E-state index contributed by atoms with van der Waals surface area (Å²) in [4.78, 5) is 24.6. The van der Waals surface area contributed by atoms with Crippen LogP contribution in [-0.4, -0.2) is 35.1 Å². The zero-order valence-corrected chi connectivity index (χ0v) is 14.8. The van der Waals surface area contributed by atoms with Gasteiger partial charge in [-0.3, -0.25) is 0 Å². The van der Waals surface area contributed by atoms with E-state index in [0.717, 1.165) is 5.56 Å². The van der Waals surface area contributed by atoms with E-state index in [0.29, 0.717) is 17.1 Å². The van der Waals surface area contributed by atoms with Crippen molar-refractivity contribution >= 4 is 11.5 Å². The van der Waals surface area contributed by atoms with Gasteiger partial charge in [0, 0.05) is 11.1 Å². The second kappa shape index (κ2) is 8.57. The molecule has 0 unspecified atom stereocenters. The molecule has 0 aliphatic rings. The Balaban J connectivity index is 1.96. The topological polar surface area (TPSA) is 83.4 Å². The molecule has 0 saturated heterocycles. The number of methoxy groups -OCH3 is 2. The number of aromatic nitrogens is 3. The molecule has 0 aliphatic heterocycles. The third-order valence-corrected chi connectivity index (χ3v) is 3.60. The lowest BCUT2D eigenvalue weighted by Crippen LogP contribution is -2.06. The predicted octanol–water partition coefficient (Wildman–Crippen LogP) is 3.49. The maximum absolute atomic E-state index is 12.1. The molecule has 3 rings (SSSR count). The Morgan fingerprint density at radius 1 is 0.963 bits per heavy atom. The number of carbonyl (C=O) groups is 1. The molecule has 0 N–H and O–H groups in total. The van der Waals surface area contributed by atoms with Crippen LogP contribution >= 0.6 is 0 Å². The molecule has 1 heterocycles. The minimum atomic E-state index is -0.548. The molecule has 0 spiro atoms. The van der Waals surface area contributed by atoms with Crippen molar-refractivity contribution in [3.8, 4) is 23.1 Å². The van der Waals surface area contributed by atoms with Crippen LogP contribution in [0.15, 0.2) is 67.2 Å². The molecule has 3 aromatic rings. The first-order valence-electron chi connectivity index (χ1n) is 8.06. The maximum Gasteiger partial charge on any atom is 0.341 e. The maximum atomic E-state index is 12.1. The molecule has 1 aromatic heterocycles. The fraction of sp³-hybridized carbons (Fsp3) is 0.100. The van der Waals surface area contributed by atoms with Gasteiger partial charge >= 0.3 is 12.0 Å². The van der Waals surface area contributed by atoms with Crippen molar-refractivity contribution in [3.63, 3.8) is 0 Å². The Morgan fingerprint density at radius 2 is 1.70 bits per heavy atom. The van der Waals surface area contributed by atoms with Gasteiger partial charge in [0.1, 0.15) is 17.6 Å². The number of carbonyl (C=O) groups excluding carboxylic acids is 1. The monoisotopic (exact) mass is 363 g/mol. The second-order valence-corrected chi connectivity index (χ2v) is 5.31. The van der Waals surface area contributed by atoms with Crippen LogP contribution in [0.25, 0.3) is 17.0 Å². The molecule has 0 aliphatic carbocycles. The van der Waals surface area contributed by atoms with Crippen LogP contribution in [0.3, 0.4) is 0 Å². The lowest BCUT2D eigenvalue weighted by atomic mass is 10.1. The number of para-hydroxylation sites is 1. The molecule has 27 heavy (non-hydrogen) atoms. The van der Waals surface area contributed by atoms with Gasteiger partial charge in [-0.15, -0.1) is 0 Å². The minimum absolute atomic E-state index is 0.109. The normalized spacial score (nSPS) is 11.0. The average Bonchev–Trinajstić information content (AvgIpc) is 2.73. The smallest absolute Gasteiger partial charge is 0.341 e. The van der Waals surface area contributed by atoms with E-state index in [-0.39, 0.29) is 11.6 Å². The quantitative estimate of drug-likeness (QED) is 0.376. The fourth-order valence-electron chi connectivity index (χ4n) is 2.38. The van der Waals surface area contributed by atoms with Crippen molar-refractivity contribution in [1.82, 2.24) is 15.0 Å². The number of rotatable bonds is 6. The largest absolute Gasteiger partial charge is 0.503 e. The number of hydrogen-bond donors (Lipinski definition) is 0. The van der Waals surface area contributed by atoms with E-state index >= 15 is 0 Å². The molecular weight excluding hydrogens is 346 g/mol. The first-order valence-corrected chi connectivity index (χ1v) is 8.06. The van der Waals surface area contributed by atoms with Crippen LogP contribution in [-0.2, 0) is 14.3 Å². The number of esters is 1. The van der Waals surface area contributed by atoms with Gasteiger partial charge in [0.05, 0.1) is 20.5 Å². The molecule has 2 aromatic carbocycles. The molecule has 7 heteroatoms. The van der Waals surface area contributed by atoms with E-state index in [9.17, 15) is 4.79 Å². The van der Waals surface area contributed by atoms with Gasteiger partial charge in [-0.25, -0.2) is 9.78 Å². The van der Waals surface area contributed by atoms with Crippen molar-refractivity contribution in [2.45, 2.75) is 0 Å². The van der Waals surface area contributed by atoms with E-state index in [1.807, 2.05) is 30.3 Å². The Kier molecular flexibility index (Phi) is 5.73. The first-order chi connectivity index (χ1) is 13.2. The lowest BCUT2D eigenvalue weighted by Gasteiger charge is -2.11. The molecule has 0 amide bonds. The van der Waals surface area contributed by atoms with Crippen LogP contribution in [0.1, 0.15) is 5.56 Å². The molecule has 0 atom stereocenters. The highest BCUT2D eigenvalue weighted by molar-refractivity contribution is 6.17. The summed E-state index contributed by atoms with van der Waals surface area (Å²) < 4.78 is 15.6. The summed E-state index contributed by atoms with van der Waals surface area (Å²) >= 11 is 0. The van der Waals surface area contributed by atoms with Gasteiger partial charge < -0.3 is 14.2 Å². The zero-order chi connectivity index (χ0) is 19.1. The molecule has 0 bridgehead atoms. The van der Waals surface area contributed by atoms with Crippen molar-refractivity contribution in [3.05, 3.63) is 72.8 Å². The predicted molar refractivity (Wildman–Crippen MR) is 98.8 cm³/mol. The summed E-state index contributed by atoms with van der Waals surface area (Å²) in [5.41, 5.74) is 1.55. The van der Waals surface area contributed by atoms with Crippen molar-refractivity contribution < 1.29 is 19.0 Å². The van der Waals surface area contributed by atoms with Crippen molar-refractivity contribution in [2.24, 2.45) is 0 Å². The molecule has 136 valence electrons. The van der Waals surface area contributed by atoms with Crippen molar-refractivity contribution in [1.29, 1.82) is 0 Å². The molecule has 7 nitrogen and oxygen atoms in total. The fourth-order valence-corrected chi connectivity index (χ4v) is 2.38. The summed E-state index contributed by atoms with van der Waals surface area (Å²) in [5.74, 6) is 0.323. The van der Waals surface area contributed by atoms with E-state index in [1.54, 1.807) is 24.3 Å². The van der Waals surface area contributed by atoms with Gasteiger partial charge in [-0.05, 0) is 6.07 Å². The summed E-state index contributed by atoms with van der Waals surface area (Å²) in [7, 11) is 2.75. The zero-order valence-electron chi connectivity index (χ0n) is 14.8. The Morgan fingerprint density at radius 3 is 2.44 bits per heavy atom. The molecule has 0 fully saturated rings. The number of nitrogens with zero attached hydrogens (tertiary/aromatic N) is 3. The van der Waals surface area contributed by atoms with Gasteiger partial charge in [-0.1, -0.05) is 48.5 Å². The van der Waals surface area contributed by atoms with E-state index < -0.39 is 5.97 Å². The van der Waals surface area contributed by atoms with E-state index in [1.165, 1.54) is 26.8 Å². The second-order valence-electron chi connectivity index (χ2n) is 5.31. The average molecular weight is 363 g/mol. The van der Waals surface area contributed by atoms with Gasteiger partial charge in [0.2, 0.25) is 0 Å². The number of hydrogen-bond acceptors (Lipinski definition) is 7. The third-order valence-electron chi connectivity index (χ3n) is 3.60. The number of benzene rings is 2. The van der Waals surface area contributed by atoms with E-state index in [2.05, 4.69) is 15.0 Å². The standard InChI is InChI=1S/C20H17N3O4/c1-25-12-16(19(24)26-2)15-10-6-7-11-17(15)27-20-22-13-21-18(23-20)14-8-4-3-5-9-14/h3-13H,1-2H3/b16-12+. The van der Waals surface area contributed by atoms with Gasteiger partial charge in [-0.2, -0.15) is 9.97 Å². The molecule has 0 saturated carbocycles. The van der Waals surface area contributed by atoms with Crippen LogP contribution < -0.4 is 4.74 Å². The summed E-state index contributed by atoms with van der Waals surface area (Å²) in [6, 6.07) is 16.6. The first kappa shape index (κ1) is 18.1. The van der Waals surface area contributed by atoms with Crippen molar-refractivity contribution in [2.75, 3.05) is 14.2 Å². The highest BCUT2D eigenvalue weighted by Gasteiger charge is 2.18. The van der Waals surface area contributed by atoms with E-state index in [4.69, 9.17) is 14.2 Å². The highest BCUT2D eigenvalue weighted by atomic mass is 16.5. The molecule has 0 radical (unpaired) electrons. The van der Waals surface area contributed by atoms with Crippen LogP contribution in [0.4, 0.5) is 0 Å². The SMILES string of the molecule is CO/C=C(/C(=O)OC)c1ccccc1Oc1ncnc(-c2ccccc2)n1. The Labute approximate surface area is 156 Å². The summed E-state index contributed by atoms with van der Waals surface area (Å²) in [5, 5.41) is 0. The Bertz CT molecular complexity index is 958. The van der Waals surface area contributed by atoms with Gasteiger partial charge in [0.25, 0.3) is 0 Å². The van der Waals surface area contributed by atoms with Crippen LogP contribution in [0, 0.1) is 0 Å². The Hall–Kier alpha value is -3.74. The van der Waals surface area contributed by atoms with Crippen LogP contribution in [0.5, 0.6) is 11.8 Å². The summed E-state index contributed by atoms with van der Waals surface area (Å²) in [6.45, 7) is 0. The summed E-state index contributed by atoms with van der Waals surface area (Å²) in [6.07, 6.45) is 2.68. The minimum Gasteiger partial charge on any atom is -0.503 e.